The molecule has 1 rings (SSSR count). The predicted molar refractivity (Wildman–Crippen MR) is 62.5 cm³/mol. The zero-order chi connectivity index (χ0) is 13.4. The van der Waals surface area contributed by atoms with Crippen molar-refractivity contribution in [1.82, 2.24) is 0 Å². The molecule has 0 bridgehead atoms. The highest BCUT2D eigenvalue weighted by molar-refractivity contribution is 5.84. The summed E-state index contributed by atoms with van der Waals surface area (Å²) >= 11 is 0. The number of hydrogen-bond acceptors (Lipinski definition) is 4. The molecule has 0 saturated carbocycles. The minimum Gasteiger partial charge on any atom is -0.504 e. The molecule has 0 fully saturated rings. The number of carboxylic acid groups (broad SMARTS) is 1. The van der Waals surface area contributed by atoms with Crippen molar-refractivity contribution in [2.75, 3.05) is 7.11 Å². The average molecular weight is 238 g/mol. The van der Waals surface area contributed by atoms with Gasteiger partial charge in [0.2, 0.25) is 0 Å². The average Bonchev–Trinajstić information content (AvgIpc) is 2.30. The Bertz CT molecular complexity index is 411. The van der Waals surface area contributed by atoms with E-state index in [0.29, 0.717) is 17.6 Å². The maximum absolute atomic E-state index is 10.2. The molecule has 5 nitrogen and oxygen atoms in total. The van der Waals surface area contributed by atoms with Crippen molar-refractivity contribution in [2.45, 2.75) is 6.92 Å². The van der Waals surface area contributed by atoms with Gasteiger partial charge in [0.15, 0.2) is 11.5 Å². The Morgan fingerprint density at radius 3 is 2.35 bits per heavy atom. The van der Waals surface area contributed by atoms with Crippen LogP contribution in [-0.2, 0) is 4.79 Å². The monoisotopic (exact) mass is 238 g/mol. The molecule has 0 spiro atoms. The first-order chi connectivity index (χ1) is 7.92. The number of carboxylic acids is 1. The van der Waals surface area contributed by atoms with Gasteiger partial charge in [0, 0.05) is 11.1 Å². The summed E-state index contributed by atoms with van der Waals surface area (Å²) in [6, 6.07) is 4.41. The van der Waals surface area contributed by atoms with Crippen molar-refractivity contribution < 1.29 is 24.5 Å². The van der Waals surface area contributed by atoms with Crippen LogP contribution in [0.3, 0.4) is 0 Å². The third-order valence-electron chi connectivity index (χ3n) is 1.70. The summed E-state index contributed by atoms with van der Waals surface area (Å²) < 4.78 is 4.78. The Morgan fingerprint density at radius 2 is 2.00 bits per heavy atom. The lowest BCUT2D eigenvalue weighted by Gasteiger charge is -2.01. The van der Waals surface area contributed by atoms with E-state index in [2.05, 4.69) is 6.58 Å². The van der Waals surface area contributed by atoms with Gasteiger partial charge in [-0.1, -0.05) is 6.58 Å². The Balaban J connectivity index is 0.000000366. The van der Waals surface area contributed by atoms with Crippen LogP contribution in [0, 0.1) is 0 Å². The lowest BCUT2D eigenvalue weighted by atomic mass is 10.2. The molecule has 0 aliphatic heterocycles. The summed E-state index contributed by atoms with van der Waals surface area (Å²) in [6.45, 7) is 4.60. The second kappa shape index (κ2) is 7.05. The maximum Gasteiger partial charge on any atom is 0.330 e. The topological polar surface area (TPSA) is 83.8 Å². The van der Waals surface area contributed by atoms with Crippen LogP contribution in [0.4, 0.5) is 0 Å². The number of aliphatic carboxylic acids is 1. The summed E-state index contributed by atoms with van der Waals surface area (Å²) in [5, 5.41) is 17.0. The van der Waals surface area contributed by atoms with Gasteiger partial charge in [-0.2, -0.15) is 0 Å². The molecule has 2 N–H and O–H groups in total. The molecule has 1 aromatic rings. The third kappa shape index (κ3) is 5.36. The van der Waals surface area contributed by atoms with E-state index in [0.717, 1.165) is 0 Å². The normalized spacial score (nSPS) is 8.59. The molecule has 0 aliphatic carbocycles. The largest absolute Gasteiger partial charge is 0.504 e. The van der Waals surface area contributed by atoms with Crippen LogP contribution < -0.4 is 4.74 Å². The van der Waals surface area contributed by atoms with E-state index in [4.69, 9.17) is 14.9 Å². The first kappa shape index (κ1) is 14.7. The molecule has 1 aromatic carbocycles. The van der Waals surface area contributed by atoms with E-state index < -0.39 is 5.97 Å². The van der Waals surface area contributed by atoms with Gasteiger partial charge in [-0.25, -0.2) is 4.79 Å². The number of carbonyl (C=O) groups is 2. The Kier molecular flexibility index (Phi) is 6.10. The van der Waals surface area contributed by atoms with Crippen LogP contribution in [0.15, 0.2) is 30.4 Å². The number of hydrogen-bond donors (Lipinski definition) is 2. The highest BCUT2D eigenvalue weighted by Gasteiger charge is 2.00. The number of benzene rings is 1. The fraction of sp³-hybridized carbons (Fsp3) is 0.167. The highest BCUT2D eigenvalue weighted by Crippen LogP contribution is 2.25. The lowest BCUT2D eigenvalue weighted by molar-refractivity contribution is -0.132. The van der Waals surface area contributed by atoms with E-state index in [-0.39, 0.29) is 11.3 Å². The van der Waals surface area contributed by atoms with Gasteiger partial charge in [-0.05, 0) is 25.1 Å². The second-order valence-electron chi connectivity index (χ2n) is 3.13. The molecule has 0 amide bonds. The number of phenols is 1. The van der Waals surface area contributed by atoms with Crippen LogP contribution >= 0.6 is 0 Å². The Labute approximate surface area is 99.0 Å². The molecule has 0 saturated heterocycles. The number of phenolic OH excluding ortho intramolecular Hbond substituents is 1. The molecule has 0 aromatic heterocycles. The SMILES string of the molecule is C=C(C)C(=O)O.COc1cc(C=O)ccc1O. The van der Waals surface area contributed by atoms with Crippen molar-refractivity contribution >= 4 is 12.3 Å². The third-order valence-corrected chi connectivity index (χ3v) is 1.70. The first-order valence-electron chi connectivity index (χ1n) is 4.63. The quantitative estimate of drug-likeness (QED) is 0.620. The van der Waals surface area contributed by atoms with E-state index >= 15 is 0 Å². The Morgan fingerprint density at radius 1 is 1.47 bits per heavy atom. The minimum atomic E-state index is -0.935. The molecular weight excluding hydrogens is 224 g/mol. The maximum atomic E-state index is 10.2. The molecule has 0 heterocycles. The van der Waals surface area contributed by atoms with Crippen LogP contribution in [0.1, 0.15) is 17.3 Å². The first-order valence-corrected chi connectivity index (χ1v) is 4.63. The van der Waals surface area contributed by atoms with Crippen molar-refractivity contribution in [2.24, 2.45) is 0 Å². The van der Waals surface area contributed by atoms with Gasteiger partial charge >= 0.3 is 5.97 Å². The van der Waals surface area contributed by atoms with Gasteiger partial charge in [0.1, 0.15) is 6.29 Å². The van der Waals surface area contributed by atoms with Crippen LogP contribution in [0.2, 0.25) is 0 Å². The number of methoxy groups -OCH3 is 1. The zero-order valence-electron chi connectivity index (χ0n) is 9.64. The van der Waals surface area contributed by atoms with Crippen LogP contribution in [0.25, 0.3) is 0 Å². The molecule has 5 heteroatoms. The molecular formula is C12H14O5. The van der Waals surface area contributed by atoms with Gasteiger partial charge in [0.25, 0.3) is 0 Å². The second-order valence-corrected chi connectivity index (χ2v) is 3.13. The van der Waals surface area contributed by atoms with E-state index in [1.165, 1.54) is 32.2 Å². The lowest BCUT2D eigenvalue weighted by Crippen LogP contribution is -1.92. The van der Waals surface area contributed by atoms with Gasteiger partial charge in [-0.3, -0.25) is 4.79 Å². The van der Waals surface area contributed by atoms with Crippen LogP contribution in [-0.4, -0.2) is 29.6 Å². The van der Waals surface area contributed by atoms with Gasteiger partial charge in [-0.15, -0.1) is 0 Å². The number of ether oxygens (including phenoxy) is 1. The zero-order valence-corrected chi connectivity index (χ0v) is 9.64. The number of aromatic hydroxyl groups is 1. The number of carbonyl (C=O) groups excluding carboxylic acids is 1. The minimum absolute atomic E-state index is 0.0399. The standard InChI is InChI=1S/C8H8O3.C4H6O2/c1-11-8-4-6(5-9)2-3-7(8)10;1-3(2)4(5)6/h2-5,10H,1H3;1H2,2H3,(H,5,6). The number of rotatable bonds is 3. The molecule has 0 atom stereocenters. The summed E-state index contributed by atoms with van der Waals surface area (Å²) in [5.41, 5.74) is 0.662. The molecule has 92 valence electrons. The fourth-order valence-electron chi connectivity index (χ4n) is 0.768. The van der Waals surface area contributed by atoms with Crippen LogP contribution in [0.5, 0.6) is 11.5 Å². The molecule has 0 radical (unpaired) electrons. The van der Waals surface area contributed by atoms with Crippen molar-refractivity contribution in [1.29, 1.82) is 0 Å². The molecule has 0 unspecified atom stereocenters. The summed E-state index contributed by atoms with van der Waals surface area (Å²) in [7, 11) is 1.43. The van der Waals surface area contributed by atoms with Crippen molar-refractivity contribution in [3.05, 3.63) is 35.9 Å². The number of aldehydes is 1. The summed E-state index contributed by atoms with van der Waals surface area (Å²) in [5.74, 6) is -0.581. The van der Waals surface area contributed by atoms with E-state index in [9.17, 15) is 9.59 Å². The van der Waals surface area contributed by atoms with E-state index in [1.54, 1.807) is 0 Å². The molecule has 0 aliphatic rings. The van der Waals surface area contributed by atoms with Crippen molar-refractivity contribution in [3.63, 3.8) is 0 Å². The molecule has 17 heavy (non-hydrogen) atoms. The smallest absolute Gasteiger partial charge is 0.330 e. The van der Waals surface area contributed by atoms with E-state index in [1.807, 2.05) is 0 Å². The summed E-state index contributed by atoms with van der Waals surface area (Å²) in [4.78, 5) is 19.8. The van der Waals surface area contributed by atoms with Crippen molar-refractivity contribution in [3.8, 4) is 11.5 Å². The van der Waals surface area contributed by atoms with Gasteiger partial charge in [0.05, 0.1) is 7.11 Å². The highest BCUT2D eigenvalue weighted by atomic mass is 16.5. The Hall–Kier alpha value is -2.30. The fourth-order valence-corrected chi connectivity index (χ4v) is 0.768. The summed E-state index contributed by atoms with van der Waals surface area (Å²) in [6.07, 6.45) is 0.696. The van der Waals surface area contributed by atoms with Gasteiger partial charge < -0.3 is 14.9 Å². The predicted octanol–water partition coefficient (Wildman–Crippen LogP) is 1.86.